The Kier molecular flexibility index (Phi) is 7.09. The number of ether oxygens (including phenoxy) is 1. The molecule has 0 amide bonds. The van der Waals surface area contributed by atoms with Crippen LogP contribution in [0.4, 0.5) is 0 Å². The van der Waals surface area contributed by atoms with E-state index in [0.717, 1.165) is 12.0 Å². The lowest BCUT2D eigenvalue weighted by molar-refractivity contribution is 0.0988. The maximum atomic E-state index is 11.7. The van der Waals surface area contributed by atoms with E-state index >= 15 is 0 Å². The van der Waals surface area contributed by atoms with Crippen molar-refractivity contribution in [3.05, 3.63) is 53.6 Å². The molecule has 0 aliphatic carbocycles. The fourth-order valence-electron chi connectivity index (χ4n) is 2.96. The Morgan fingerprint density at radius 3 is 2.36 bits per heavy atom. The number of rotatable bonds is 9. The molecule has 0 aliphatic rings. The molecule has 2 aromatic rings. The minimum atomic E-state index is -3.26. The number of phenols is 1. The number of aliphatic hydroxyl groups is 1. The molecule has 0 radical (unpaired) electrons. The van der Waals surface area contributed by atoms with Crippen molar-refractivity contribution in [1.82, 2.24) is 5.32 Å². The van der Waals surface area contributed by atoms with Crippen molar-refractivity contribution in [2.24, 2.45) is 0 Å². The summed E-state index contributed by atoms with van der Waals surface area (Å²) in [7, 11) is -3.26. The van der Waals surface area contributed by atoms with Crippen LogP contribution in [0.1, 0.15) is 25.0 Å². The number of aryl methyl sites for hydroxylation is 1. The van der Waals surface area contributed by atoms with Crippen LogP contribution < -0.4 is 10.1 Å². The van der Waals surface area contributed by atoms with E-state index in [-0.39, 0.29) is 22.8 Å². The molecule has 7 heteroatoms. The molecule has 0 aromatic heterocycles. The second-order valence-electron chi connectivity index (χ2n) is 7.77. The first-order chi connectivity index (χ1) is 13.0. The molecule has 28 heavy (non-hydrogen) atoms. The van der Waals surface area contributed by atoms with Gasteiger partial charge in [-0.25, -0.2) is 8.42 Å². The fourth-order valence-corrected chi connectivity index (χ4v) is 3.92. The van der Waals surface area contributed by atoms with Crippen LogP contribution in [-0.2, 0) is 16.3 Å². The average Bonchev–Trinajstić information content (AvgIpc) is 2.59. The van der Waals surface area contributed by atoms with Gasteiger partial charge in [0.15, 0.2) is 9.84 Å². The number of aromatic hydroxyl groups is 1. The smallest absolute Gasteiger partial charge is 0.175 e. The fraction of sp³-hybridized carbons (Fsp3) is 0.429. The molecule has 2 aromatic carbocycles. The van der Waals surface area contributed by atoms with Crippen molar-refractivity contribution in [3.63, 3.8) is 0 Å². The van der Waals surface area contributed by atoms with Crippen molar-refractivity contribution in [1.29, 1.82) is 0 Å². The van der Waals surface area contributed by atoms with Gasteiger partial charge in [-0.1, -0.05) is 12.1 Å². The molecule has 0 saturated heterocycles. The largest absolute Gasteiger partial charge is 0.508 e. The Labute approximate surface area is 167 Å². The third kappa shape index (κ3) is 6.82. The van der Waals surface area contributed by atoms with E-state index in [1.54, 1.807) is 31.2 Å². The molecular weight excluding hydrogens is 378 g/mol. The summed E-state index contributed by atoms with van der Waals surface area (Å²) in [6, 6.07) is 11.8. The Morgan fingerprint density at radius 2 is 1.79 bits per heavy atom. The number of hydrogen-bond acceptors (Lipinski definition) is 6. The van der Waals surface area contributed by atoms with Gasteiger partial charge >= 0.3 is 0 Å². The first-order valence-corrected chi connectivity index (χ1v) is 11.0. The minimum absolute atomic E-state index is 0.0972. The molecule has 0 bridgehead atoms. The molecule has 0 aliphatic heterocycles. The lowest BCUT2D eigenvalue weighted by Crippen LogP contribution is -2.46. The van der Waals surface area contributed by atoms with E-state index < -0.39 is 15.9 Å². The monoisotopic (exact) mass is 407 g/mol. The number of benzene rings is 2. The van der Waals surface area contributed by atoms with Gasteiger partial charge in [-0.15, -0.1) is 0 Å². The van der Waals surface area contributed by atoms with Gasteiger partial charge in [0.25, 0.3) is 0 Å². The lowest BCUT2D eigenvalue weighted by Gasteiger charge is -2.28. The second kappa shape index (κ2) is 8.94. The van der Waals surface area contributed by atoms with Crippen LogP contribution in [0, 0.1) is 6.92 Å². The highest BCUT2D eigenvalue weighted by molar-refractivity contribution is 7.90. The Bertz CT molecular complexity index is 892. The van der Waals surface area contributed by atoms with Gasteiger partial charge in [-0.3, -0.25) is 0 Å². The summed E-state index contributed by atoms with van der Waals surface area (Å²) in [5.41, 5.74) is 1.45. The second-order valence-corrected chi connectivity index (χ2v) is 9.76. The zero-order valence-electron chi connectivity index (χ0n) is 16.8. The summed E-state index contributed by atoms with van der Waals surface area (Å²) in [6.45, 7) is 6.25. The molecule has 0 fully saturated rings. The van der Waals surface area contributed by atoms with Crippen LogP contribution in [0.3, 0.4) is 0 Å². The molecule has 3 N–H and O–H groups in total. The molecule has 1 atom stereocenters. The highest BCUT2D eigenvalue weighted by atomic mass is 32.2. The van der Waals surface area contributed by atoms with Crippen LogP contribution in [0.25, 0.3) is 0 Å². The Morgan fingerprint density at radius 1 is 1.14 bits per heavy atom. The maximum absolute atomic E-state index is 11.7. The number of hydrogen-bond donors (Lipinski definition) is 3. The summed E-state index contributed by atoms with van der Waals surface area (Å²) < 4.78 is 28.9. The SMILES string of the molecule is Cc1cc(OCC(O)CNC(C)(C)Cc2ccc(O)cc2)ccc1S(C)(=O)=O. The minimum Gasteiger partial charge on any atom is -0.508 e. The standard InChI is InChI=1S/C21H29NO5S/c1-15-11-19(9-10-20(15)28(4,25)26)27-14-18(24)13-22-21(2,3)12-16-5-7-17(23)8-6-16/h5-11,18,22-24H,12-14H2,1-4H3. The quantitative estimate of drug-likeness (QED) is 0.591. The van der Waals surface area contributed by atoms with Crippen LogP contribution in [0.15, 0.2) is 47.4 Å². The van der Waals surface area contributed by atoms with Crippen LogP contribution in [0.5, 0.6) is 11.5 Å². The van der Waals surface area contributed by atoms with Gasteiger partial charge in [0.1, 0.15) is 24.2 Å². The van der Waals surface area contributed by atoms with Gasteiger partial charge in [-0.05, 0) is 68.7 Å². The van der Waals surface area contributed by atoms with Crippen molar-refractivity contribution >= 4 is 9.84 Å². The third-order valence-corrected chi connectivity index (χ3v) is 5.64. The average molecular weight is 408 g/mol. The van der Waals surface area contributed by atoms with E-state index in [0.29, 0.717) is 17.9 Å². The molecule has 2 rings (SSSR count). The van der Waals surface area contributed by atoms with E-state index in [1.807, 2.05) is 26.0 Å². The normalized spacial score (nSPS) is 13.3. The molecule has 0 spiro atoms. The van der Waals surface area contributed by atoms with Crippen LogP contribution in [-0.4, -0.2) is 49.7 Å². The zero-order valence-corrected chi connectivity index (χ0v) is 17.6. The Hall–Kier alpha value is -2.09. The number of nitrogens with one attached hydrogen (secondary N) is 1. The Balaban J connectivity index is 1.84. The van der Waals surface area contributed by atoms with Crippen molar-refractivity contribution in [2.75, 3.05) is 19.4 Å². The summed E-state index contributed by atoms with van der Waals surface area (Å²) in [6.07, 6.45) is 1.20. The van der Waals surface area contributed by atoms with Gasteiger partial charge in [0, 0.05) is 18.3 Å². The molecule has 154 valence electrons. The summed E-state index contributed by atoms with van der Waals surface area (Å²) >= 11 is 0. The van der Waals surface area contributed by atoms with Gasteiger partial charge < -0.3 is 20.3 Å². The molecule has 1 unspecified atom stereocenters. The summed E-state index contributed by atoms with van der Waals surface area (Å²) in [4.78, 5) is 0.276. The predicted octanol–water partition coefficient (Wildman–Crippen LogP) is 2.45. The third-order valence-electron chi connectivity index (χ3n) is 4.39. The van der Waals surface area contributed by atoms with Gasteiger partial charge in [0.2, 0.25) is 0 Å². The van der Waals surface area contributed by atoms with Crippen LogP contribution >= 0.6 is 0 Å². The predicted molar refractivity (Wildman–Crippen MR) is 110 cm³/mol. The van der Waals surface area contributed by atoms with Crippen molar-refractivity contribution < 1.29 is 23.4 Å². The van der Waals surface area contributed by atoms with E-state index in [2.05, 4.69) is 5.32 Å². The van der Waals surface area contributed by atoms with Crippen molar-refractivity contribution in [2.45, 2.75) is 43.7 Å². The van der Waals surface area contributed by atoms with Gasteiger partial charge in [0.05, 0.1) is 4.90 Å². The zero-order chi connectivity index (χ0) is 20.9. The van der Waals surface area contributed by atoms with Crippen molar-refractivity contribution in [3.8, 4) is 11.5 Å². The van der Waals surface area contributed by atoms with E-state index in [9.17, 15) is 18.6 Å². The molecule has 6 nitrogen and oxygen atoms in total. The summed E-state index contributed by atoms with van der Waals surface area (Å²) in [5.74, 6) is 0.759. The molecule has 0 saturated carbocycles. The molecule has 0 heterocycles. The lowest BCUT2D eigenvalue weighted by atomic mass is 9.94. The molecular formula is C21H29NO5S. The number of sulfone groups is 1. The highest BCUT2D eigenvalue weighted by Crippen LogP contribution is 2.21. The first kappa shape index (κ1) is 22.2. The van der Waals surface area contributed by atoms with E-state index in [4.69, 9.17) is 4.74 Å². The topological polar surface area (TPSA) is 95.9 Å². The summed E-state index contributed by atoms with van der Waals surface area (Å²) in [5, 5.41) is 22.9. The van der Waals surface area contributed by atoms with Gasteiger partial charge in [-0.2, -0.15) is 0 Å². The number of aliphatic hydroxyl groups excluding tert-OH is 1. The highest BCUT2D eigenvalue weighted by Gasteiger charge is 2.19. The first-order valence-electron chi connectivity index (χ1n) is 9.11. The maximum Gasteiger partial charge on any atom is 0.175 e. The van der Waals surface area contributed by atoms with Crippen LogP contribution in [0.2, 0.25) is 0 Å². The van der Waals surface area contributed by atoms with E-state index in [1.165, 1.54) is 12.3 Å². The number of β-amino-alcohol motifs (C(OH)–C–C–N with tert-alkyl or cyclic N) is 1. The number of phenolic OH excluding ortho intramolecular Hbond substituents is 1.